The monoisotopic (exact) mass is 99.1 g/mol. The van der Waals surface area contributed by atoms with Gasteiger partial charge in [0.25, 0.3) is 0 Å². The molecule has 0 spiro atoms. The van der Waals surface area contributed by atoms with E-state index in [0.717, 1.165) is 0 Å². The number of nitrogens with two attached hydrogens (primary N) is 1. The SMILES string of the molecule is C=C(O)/C=C\CN. The molecule has 0 saturated carbocycles. The second-order valence-electron chi connectivity index (χ2n) is 1.13. The Morgan fingerprint density at radius 2 is 2.43 bits per heavy atom. The Balaban J connectivity index is 3.26. The van der Waals surface area contributed by atoms with Gasteiger partial charge in [0.1, 0.15) is 5.76 Å². The van der Waals surface area contributed by atoms with E-state index in [4.69, 9.17) is 10.8 Å². The van der Waals surface area contributed by atoms with Crippen LogP contribution >= 0.6 is 0 Å². The Morgan fingerprint density at radius 3 is 2.57 bits per heavy atom. The highest BCUT2D eigenvalue weighted by atomic mass is 16.3. The molecule has 0 aliphatic carbocycles. The quantitative estimate of drug-likeness (QED) is 0.393. The van der Waals surface area contributed by atoms with Crippen molar-refractivity contribution in [1.82, 2.24) is 0 Å². The highest BCUT2D eigenvalue weighted by Crippen LogP contribution is 1.80. The first kappa shape index (κ1) is 6.24. The molecule has 7 heavy (non-hydrogen) atoms. The lowest BCUT2D eigenvalue weighted by Crippen LogP contribution is -1.92. The van der Waals surface area contributed by atoms with Crippen molar-refractivity contribution in [2.45, 2.75) is 0 Å². The molecule has 0 aliphatic rings. The molecule has 0 atom stereocenters. The Morgan fingerprint density at radius 1 is 1.86 bits per heavy atom. The molecule has 0 aromatic rings. The van der Waals surface area contributed by atoms with Crippen molar-refractivity contribution in [3.05, 3.63) is 24.5 Å². The summed E-state index contributed by atoms with van der Waals surface area (Å²) in [6.07, 6.45) is 3.09. The summed E-state index contributed by atoms with van der Waals surface area (Å²) in [5.74, 6) is 0.0467. The van der Waals surface area contributed by atoms with E-state index in [1.54, 1.807) is 6.08 Å². The van der Waals surface area contributed by atoms with Gasteiger partial charge in [-0.3, -0.25) is 0 Å². The number of hydrogen-bond donors (Lipinski definition) is 2. The number of rotatable bonds is 2. The fraction of sp³-hybridized carbons (Fsp3) is 0.200. The van der Waals surface area contributed by atoms with Gasteiger partial charge in [-0.25, -0.2) is 0 Å². The second-order valence-corrected chi connectivity index (χ2v) is 1.13. The Labute approximate surface area is 43.0 Å². The van der Waals surface area contributed by atoms with Crippen LogP contribution < -0.4 is 5.73 Å². The van der Waals surface area contributed by atoms with Gasteiger partial charge in [-0.05, 0) is 6.08 Å². The van der Waals surface area contributed by atoms with Gasteiger partial charge in [0, 0.05) is 6.54 Å². The minimum absolute atomic E-state index is 0.0467. The van der Waals surface area contributed by atoms with Crippen molar-refractivity contribution in [3.63, 3.8) is 0 Å². The molecule has 3 N–H and O–H groups in total. The molecular formula is C5H9NO. The lowest BCUT2D eigenvalue weighted by Gasteiger charge is -1.80. The van der Waals surface area contributed by atoms with Crippen LogP contribution in [-0.2, 0) is 0 Å². The van der Waals surface area contributed by atoms with Crippen LogP contribution in [-0.4, -0.2) is 11.7 Å². The molecule has 0 amide bonds. The Bertz CT molecular complexity index is 86.1. The third-order valence-corrected chi connectivity index (χ3v) is 0.446. The predicted octanol–water partition coefficient (Wildman–Crippen LogP) is 0.573. The third kappa shape index (κ3) is 5.24. The van der Waals surface area contributed by atoms with E-state index in [1.807, 2.05) is 0 Å². The molecule has 2 nitrogen and oxygen atoms in total. The largest absolute Gasteiger partial charge is 0.509 e. The van der Waals surface area contributed by atoms with E-state index in [9.17, 15) is 0 Å². The fourth-order valence-electron chi connectivity index (χ4n) is 0.204. The van der Waals surface area contributed by atoms with Crippen LogP contribution in [0.3, 0.4) is 0 Å². The molecule has 0 unspecified atom stereocenters. The summed E-state index contributed by atoms with van der Waals surface area (Å²) in [5.41, 5.74) is 5.04. The average Bonchev–Trinajstić information content (AvgIpc) is 1.61. The van der Waals surface area contributed by atoms with E-state index >= 15 is 0 Å². The summed E-state index contributed by atoms with van der Waals surface area (Å²) in [5, 5.41) is 8.35. The average molecular weight is 99.1 g/mol. The minimum atomic E-state index is 0.0467. The fourth-order valence-corrected chi connectivity index (χ4v) is 0.204. The third-order valence-electron chi connectivity index (χ3n) is 0.446. The summed E-state index contributed by atoms with van der Waals surface area (Å²) in [6, 6.07) is 0. The lowest BCUT2D eigenvalue weighted by molar-refractivity contribution is 0.435. The van der Waals surface area contributed by atoms with Crippen LogP contribution in [0.5, 0.6) is 0 Å². The molecule has 0 bridgehead atoms. The summed E-state index contributed by atoms with van der Waals surface area (Å²) >= 11 is 0. The van der Waals surface area contributed by atoms with Crippen molar-refractivity contribution in [2.24, 2.45) is 5.73 Å². The van der Waals surface area contributed by atoms with Crippen LogP contribution in [0, 0.1) is 0 Å². The summed E-state index contributed by atoms with van der Waals surface area (Å²) < 4.78 is 0. The van der Waals surface area contributed by atoms with Gasteiger partial charge < -0.3 is 10.8 Å². The van der Waals surface area contributed by atoms with Gasteiger partial charge >= 0.3 is 0 Å². The molecule has 0 saturated heterocycles. The van der Waals surface area contributed by atoms with Gasteiger partial charge in [-0.15, -0.1) is 0 Å². The van der Waals surface area contributed by atoms with Crippen molar-refractivity contribution < 1.29 is 5.11 Å². The molecule has 0 fully saturated rings. The summed E-state index contributed by atoms with van der Waals surface area (Å²) in [7, 11) is 0. The number of aliphatic hydroxyl groups is 1. The van der Waals surface area contributed by atoms with Crippen molar-refractivity contribution in [3.8, 4) is 0 Å². The molecule has 0 rings (SSSR count). The maximum atomic E-state index is 8.35. The highest BCUT2D eigenvalue weighted by Gasteiger charge is 1.70. The first-order valence-corrected chi connectivity index (χ1v) is 2.02. The van der Waals surface area contributed by atoms with Crippen LogP contribution in [0.4, 0.5) is 0 Å². The van der Waals surface area contributed by atoms with Gasteiger partial charge in [-0.1, -0.05) is 12.7 Å². The highest BCUT2D eigenvalue weighted by molar-refractivity contribution is 5.05. The predicted molar refractivity (Wildman–Crippen MR) is 30.0 cm³/mol. The maximum Gasteiger partial charge on any atom is 0.108 e. The Kier molecular flexibility index (Phi) is 3.06. The Hall–Kier alpha value is -0.760. The first-order valence-electron chi connectivity index (χ1n) is 2.02. The van der Waals surface area contributed by atoms with Crippen LogP contribution in [0.15, 0.2) is 24.5 Å². The van der Waals surface area contributed by atoms with Crippen molar-refractivity contribution in [1.29, 1.82) is 0 Å². The topological polar surface area (TPSA) is 46.2 Å². The molecule has 0 aliphatic heterocycles. The van der Waals surface area contributed by atoms with E-state index in [0.29, 0.717) is 6.54 Å². The minimum Gasteiger partial charge on any atom is -0.509 e. The zero-order chi connectivity index (χ0) is 5.70. The van der Waals surface area contributed by atoms with Crippen LogP contribution in [0.2, 0.25) is 0 Å². The smallest absolute Gasteiger partial charge is 0.108 e. The van der Waals surface area contributed by atoms with E-state index in [2.05, 4.69) is 6.58 Å². The summed E-state index contributed by atoms with van der Waals surface area (Å²) in [6.45, 7) is 3.65. The van der Waals surface area contributed by atoms with Gasteiger partial charge in [0.05, 0.1) is 0 Å². The van der Waals surface area contributed by atoms with E-state index in [1.165, 1.54) is 6.08 Å². The standard InChI is InChI=1S/C5H9NO/c1-5(7)3-2-4-6/h2-3,7H,1,4,6H2/b3-2-. The molecule has 2 heteroatoms. The van der Waals surface area contributed by atoms with E-state index < -0.39 is 0 Å². The second kappa shape index (κ2) is 3.43. The lowest BCUT2D eigenvalue weighted by atomic mass is 10.4. The summed E-state index contributed by atoms with van der Waals surface area (Å²) in [4.78, 5) is 0. The number of allylic oxidation sites excluding steroid dienone is 1. The van der Waals surface area contributed by atoms with Gasteiger partial charge in [0.15, 0.2) is 0 Å². The number of aliphatic hydroxyl groups excluding tert-OH is 1. The van der Waals surface area contributed by atoms with Crippen molar-refractivity contribution >= 4 is 0 Å². The zero-order valence-electron chi connectivity index (χ0n) is 4.09. The molecule has 0 aromatic heterocycles. The molecule has 0 aromatic carbocycles. The van der Waals surface area contributed by atoms with Gasteiger partial charge in [0.2, 0.25) is 0 Å². The van der Waals surface area contributed by atoms with Crippen LogP contribution in [0.1, 0.15) is 0 Å². The van der Waals surface area contributed by atoms with Crippen molar-refractivity contribution in [2.75, 3.05) is 6.54 Å². The zero-order valence-corrected chi connectivity index (χ0v) is 4.09. The number of hydrogen-bond acceptors (Lipinski definition) is 2. The van der Waals surface area contributed by atoms with Gasteiger partial charge in [-0.2, -0.15) is 0 Å². The van der Waals surface area contributed by atoms with E-state index in [-0.39, 0.29) is 5.76 Å². The van der Waals surface area contributed by atoms with Crippen LogP contribution in [0.25, 0.3) is 0 Å². The molecule has 0 radical (unpaired) electrons. The first-order chi connectivity index (χ1) is 3.27. The molecule has 40 valence electrons. The molecular weight excluding hydrogens is 90.1 g/mol. The normalized spacial score (nSPS) is 9.86. The maximum absolute atomic E-state index is 8.35. The molecule has 0 heterocycles.